The maximum absolute atomic E-state index is 5.15. The Morgan fingerprint density at radius 3 is 2.89 bits per heavy atom. The molecule has 0 unspecified atom stereocenters. The summed E-state index contributed by atoms with van der Waals surface area (Å²) in [6, 6.07) is 0. The second-order valence-electron chi connectivity index (χ2n) is 1.46. The van der Waals surface area contributed by atoms with Crippen LogP contribution in [0.5, 0.6) is 0 Å². The molecule has 3 heteroatoms. The van der Waals surface area contributed by atoms with Crippen molar-refractivity contribution in [2.75, 3.05) is 0 Å². The van der Waals surface area contributed by atoms with Crippen LogP contribution in [0.2, 0.25) is 0 Å². The Hall–Kier alpha value is -0.540. The number of nitrogens with zero attached hydrogens (tertiary/aromatic N) is 1. The molecule has 0 radical (unpaired) electrons. The molecule has 0 heterocycles. The van der Waals surface area contributed by atoms with Gasteiger partial charge in [0.2, 0.25) is 0 Å². The predicted molar refractivity (Wildman–Crippen MR) is 44.2 cm³/mol. The summed E-state index contributed by atoms with van der Waals surface area (Å²) in [6.45, 7) is 5.35. The zero-order valence-corrected chi connectivity index (χ0v) is 6.19. The van der Waals surface area contributed by atoms with Crippen LogP contribution >= 0.6 is 11.9 Å². The monoisotopic (exact) mass is 142 g/mol. The van der Waals surface area contributed by atoms with Gasteiger partial charge < -0.3 is 0 Å². The third-order valence-corrected chi connectivity index (χ3v) is 1.15. The molecule has 0 aromatic carbocycles. The maximum atomic E-state index is 5.15. The molecule has 0 amide bonds. The van der Waals surface area contributed by atoms with Crippen molar-refractivity contribution in [2.45, 2.75) is 6.92 Å². The molecule has 0 fully saturated rings. The molecule has 0 rings (SSSR count). The molecule has 0 saturated carbocycles. The van der Waals surface area contributed by atoms with Crippen molar-refractivity contribution in [2.24, 2.45) is 10.1 Å². The lowest BCUT2D eigenvalue weighted by molar-refractivity contribution is 1.56. The number of nitrogens with two attached hydrogens (primary N) is 1. The molecule has 2 nitrogen and oxygen atoms in total. The summed E-state index contributed by atoms with van der Waals surface area (Å²) < 4.78 is 0. The molecule has 0 aliphatic heterocycles. The molecule has 0 aliphatic carbocycles. The lowest BCUT2D eigenvalue weighted by atomic mass is 10.4. The molecule has 0 saturated heterocycles. The van der Waals surface area contributed by atoms with Gasteiger partial charge in [0.15, 0.2) is 0 Å². The van der Waals surface area contributed by atoms with E-state index in [1.807, 2.05) is 12.3 Å². The molecule has 0 bridgehead atoms. The zero-order chi connectivity index (χ0) is 7.11. The Kier molecular flexibility index (Phi) is 5.26. The Bertz CT molecular complexity index is 138. The SMILES string of the molecule is C=CN=C/C(C)=C\SN. The van der Waals surface area contributed by atoms with Crippen LogP contribution in [0.3, 0.4) is 0 Å². The summed E-state index contributed by atoms with van der Waals surface area (Å²) in [6.07, 6.45) is 3.19. The van der Waals surface area contributed by atoms with Crippen LogP contribution < -0.4 is 5.14 Å². The smallest absolute Gasteiger partial charge is 0.0302 e. The van der Waals surface area contributed by atoms with Gasteiger partial charge in [-0.2, -0.15) is 0 Å². The van der Waals surface area contributed by atoms with Crippen molar-refractivity contribution in [3.63, 3.8) is 0 Å². The Labute approximate surface area is 59.7 Å². The summed E-state index contributed by atoms with van der Waals surface area (Å²) in [5.74, 6) is 0. The van der Waals surface area contributed by atoms with Crippen LogP contribution in [-0.4, -0.2) is 6.21 Å². The van der Waals surface area contributed by atoms with Gasteiger partial charge in [-0.1, -0.05) is 18.5 Å². The highest BCUT2D eigenvalue weighted by Gasteiger charge is 1.76. The molecule has 0 atom stereocenters. The quantitative estimate of drug-likeness (QED) is 0.481. The van der Waals surface area contributed by atoms with E-state index in [0.29, 0.717) is 0 Å². The van der Waals surface area contributed by atoms with Crippen LogP contribution in [0, 0.1) is 0 Å². The minimum atomic E-state index is 1.03. The van der Waals surface area contributed by atoms with Crippen LogP contribution in [0.15, 0.2) is 28.8 Å². The molecule has 9 heavy (non-hydrogen) atoms. The van der Waals surface area contributed by atoms with E-state index in [1.54, 1.807) is 6.21 Å². The van der Waals surface area contributed by atoms with E-state index in [0.717, 1.165) is 5.57 Å². The molecule has 50 valence electrons. The molecular formula is C6H10N2S. The van der Waals surface area contributed by atoms with Crippen molar-refractivity contribution in [1.82, 2.24) is 0 Å². The molecule has 0 spiro atoms. The van der Waals surface area contributed by atoms with Crippen molar-refractivity contribution < 1.29 is 0 Å². The first-order chi connectivity index (χ1) is 4.31. The summed E-state index contributed by atoms with van der Waals surface area (Å²) >= 11 is 1.17. The third kappa shape index (κ3) is 5.33. The minimum absolute atomic E-state index is 1.03. The number of hydrogen-bond acceptors (Lipinski definition) is 3. The molecule has 0 aromatic heterocycles. The minimum Gasteiger partial charge on any atom is -0.274 e. The normalized spacial score (nSPS) is 12.4. The Balaban J connectivity index is 3.74. The lowest BCUT2D eigenvalue weighted by Crippen LogP contribution is -1.77. The van der Waals surface area contributed by atoms with Crippen LogP contribution in [-0.2, 0) is 0 Å². The lowest BCUT2D eigenvalue weighted by Gasteiger charge is -1.84. The van der Waals surface area contributed by atoms with Gasteiger partial charge in [0.1, 0.15) is 0 Å². The summed E-state index contributed by atoms with van der Waals surface area (Å²) in [5.41, 5.74) is 1.03. The van der Waals surface area contributed by atoms with Gasteiger partial charge in [-0.3, -0.25) is 10.1 Å². The van der Waals surface area contributed by atoms with E-state index in [1.165, 1.54) is 18.1 Å². The van der Waals surface area contributed by atoms with Crippen molar-refractivity contribution in [3.8, 4) is 0 Å². The van der Waals surface area contributed by atoms with E-state index in [-0.39, 0.29) is 0 Å². The molecular weight excluding hydrogens is 132 g/mol. The van der Waals surface area contributed by atoms with Gasteiger partial charge in [-0.05, 0) is 17.9 Å². The Morgan fingerprint density at radius 1 is 1.78 bits per heavy atom. The standard InChI is InChI=1S/C6H10N2S/c1-3-8-4-6(2)5-9-7/h3-5H,1,7H2,2H3/b6-5-,8-4?. The summed E-state index contributed by atoms with van der Waals surface area (Å²) in [5, 5.41) is 6.97. The predicted octanol–water partition coefficient (Wildman–Crippen LogP) is 1.71. The van der Waals surface area contributed by atoms with Gasteiger partial charge in [-0.25, -0.2) is 0 Å². The maximum Gasteiger partial charge on any atom is 0.0302 e. The van der Waals surface area contributed by atoms with Gasteiger partial charge in [0.25, 0.3) is 0 Å². The van der Waals surface area contributed by atoms with Gasteiger partial charge in [0, 0.05) is 12.4 Å². The zero-order valence-electron chi connectivity index (χ0n) is 5.37. The second kappa shape index (κ2) is 5.59. The average molecular weight is 142 g/mol. The Morgan fingerprint density at radius 2 is 2.44 bits per heavy atom. The van der Waals surface area contributed by atoms with Crippen molar-refractivity contribution in [3.05, 3.63) is 23.8 Å². The number of allylic oxidation sites excluding steroid dienone is 1. The topological polar surface area (TPSA) is 38.4 Å². The molecule has 0 aromatic rings. The fourth-order valence-electron chi connectivity index (χ4n) is 0.308. The fourth-order valence-corrected chi connectivity index (χ4v) is 0.584. The third-order valence-electron chi connectivity index (χ3n) is 0.638. The van der Waals surface area contributed by atoms with Gasteiger partial charge in [0.05, 0.1) is 0 Å². The molecule has 2 N–H and O–H groups in total. The largest absolute Gasteiger partial charge is 0.274 e. The summed E-state index contributed by atoms with van der Waals surface area (Å²) in [4.78, 5) is 3.79. The number of hydrogen-bond donors (Lipinski definition) is 1. The number of aliphatic imine (C=N–C) groups is 1. The van der Waals surface area contributed by atoms with Gasteiger partial charge in [-0.15, -0.1) is 0 Å². The first-order valence-electron chi connectivity index (χ1n) is 2.47. The van der Waals surface area contributed by atoms with E-state index < -0.39 is 0 Å². The van der Waals surface area contributed by atoms with Crippen LogP contribution in [0.4, 0.5) is 0 Å². The first kappa shape index (κ1) is 8.46. The van der Waals surface area contributed by atoms with E-state index in [2.05, 4.69) is 11.6 Å². The average Bonchev–Trinajstić information content (AvgIpc) is 1.85. The highest BCUT2D eigenvalue weighted by Crippen LogP contribution is 1.95. The van der Waals surface area contributed by atoms with E-state index >= 15 is 0 Å². The van der Waals surface area contributed by atoms with Crippen molar-refractivity contribution in [1.29, 1.82) is 0 Å². The molecule has 0 aliphatic rings. The second-order valence-corrected chi connectivity index (χ2v) is 1.97. The fraction of sp³-hybridized carbons (Fsp3) is 0.167. The van der Waals surface area contributed by atoms with Crippen LogP contribution in [0.25, 0.3) is 0 Å². The van der Waals surface area contributed by atoms with E-state index in [4.69, 9.17) is 5.14 Å². The highest BCUT2D eigenvalue weighted by molar-refractivity contribution is 8.00. The summed E-state index contributed by atoms with van der Waals surface area (Å²) in [7, 11) is 0. The highest BCUT2D eigenvalue weighted by atomic mass is 32.2. The van der Waals surface area contributed by atoms with Crippen molar-refractivity contribution >= 4 is 18.2 Å². The number of rotatable bonds is 3. The first-order valence-corrected chi connectivity index (χ1v) is 3.42. The van der Waals surface area contributed by atoms with E-state index in [9.17, 15) is 0 Å². The van der Waals surface area contributed by atoms with Crippen LogP contribution in [0.1, 0.15) is 6.92 Å². The van der Waals surface area contributed by atoms with Gasteiger partial charge >= 0.3 is 0 Å².